The Kier molecular flexibility index (Phi) is 5.78. The summed E-state index contributed by atoms with van der Waals surface area (Å²) >= 11 is 8.77. The van der Waals surface area contributed by atoms with Gasteiger partial charge in [0.25, 0.3) is 0 Å². The van der Waals surface area contributed by atoms with Crippen molar-refractivity contribution in [3.05, 3.63) is 41.4 Å². The third kappa shape index (κ3) is 4.07. The van der Waals surface area contributed by atoms with Crippen LogP contribution in [0.4, 0.5) is 5.82 Å². The fraction of sp³-hybridized carbons (Fsp3) is 0.294. The summed E-state index contributed by atoms with van der Waals surface area (Å²) in [6.45, 7) is 0.133. The molecular weight excluding hydrogens is 524 g/mol. The molecule has 2 aliphatic heterocycles. The van der Waals surface area contributed by atoms with Crippen molar-refractivity contribution in [2.75, 3.05) is 12.3 Å². The topological polar surface area (TPSA) is 136 Å². The zero-order valence-electron chi connectivity index (χ0n) is 16.6. The van der Waals surface area contributed by atoms with Gasteiger partial charge in [0.1, 0.15) is 0 Å². The van der Waals surface area contributed by atoms with Crippen molar-refractivity contribution in [2.24, 2.45) is 0 Å². The van der Waals surface area contributed by atoms with E-state index in [4.69, 9.17) is 41.2 Å². The number of nitrogens with zero attached hydrogens (tertiary/aromatic N) is 4. The van der Waals surface area contributed by atoms with Gasteiger partial charge in [0.2, 0.25) is 0 Å². The number of nitrogen functional groups attached to an aromatic ring is 1. The van der Waals surface area contributed by atoms with E-state index < -0.39 is 32.4 Å². The molecule has 3 N–H and O–H groups in total. The standard InChI is InChI=1S/C17H18BBrN5O6PS/c18-31(25)26-6-9-11(30-31)12(29-17(32)27-8-4-2-1-3-5-8)15(28-9)24-14-10(23-16(24)19)13(20)21-7-22-14/h1-5,7,9,11-12,15,25,31H,6,18H2,(H2,20,21,22)/t9-,11+,12?,15-/m1/s1. The molecule has 1 aromatic carbocycles. The number of halogens is 1. The monoisotopic (exact) mass is 541 g/mol. The van der Waals surface area contributed by atoms with Gasteiger partial charge in [-0.05, 0) is 0 Å². The van der Waals surface area contributed by atoms with E-state index in [0.29, 0.717) is 21.6 Å². The van der Waals surface area contributed by atoms with Gasteiger partial charge in [-0.3, -0.25) is 0 Å². The Labute approximate surface area is 197 Å². The average molecular weight is 542 g/mol. The van der Waals surface area contributed by atoms with Crippen molar-refractivity contribution in [3.8, 4) is 5.75 Å². The fourth-order valence-corrected chi connectivity index (χ4v) is 5.77. The molecule has 0 bridgehead atoms. The summed E-state index contributed by atoms with van der Waals surface area (Å²) in [5.41, 5.74) is 6.79. The van der Waals surface area contributed by atoms with E-state index in [0.717, 1.165) is 0 Å². The Morgan fingerprint density at radius 1 is 1.34 bits per heavy atom. The Morgan fingerprint density at radius 2 is 2.12 bits per heavy atom. The third-order valence-corrected chi connectivity index (χ3v) is 7.20. The van der Waals surface area contributed by atoms with E-state index in [1.165, 1.54) is 13.9 Å². The summed E-state index contributed by atoms with van der Waals surface area (Å²) in [5.74, 6) is 0.744. The predicted octanol–water partition coefficient (Wildman–Crippen LogP) is 1.27. The molecular formula is C17H18BBrN5O6PS. The van der Waals surface area contributed by atoms with Gasteiger partial charge < -0.3 is 0 Å². The molecule has 32 heavy (non-hydrogen) atoms. The van der Waals surface area contributed by atoms with Crippen LogP contribution in [0.1, 0.15) is 6.23 Å². The quantitative estimate of drug-likeness (QED) is 0.214. The molecule has 0 aliphatic carbocycles. The summed E-state index contributed by atoms with van der Waals surface area (Å²) in [7, 11) is -1.83. The number of thiocarbonyl (C=S) groups is 1. The number of hydrogen-bond acceptors (Lipinski definition) is 11. The first-order chi connectivity index (χ1) is 15.3. The molecule has 4 heterocycles. The molecule has 5 rings (SSSR count). The number of nitrogens with two attached hydrogens (primary N) is 1. The van der Waals surface area contributed by atoms with Crippen LogP contribution in [0, 0.1) is 0 Å². The molecule has 3 aromatic rings. The van der Waals surface area contributed by atoms with Crippen molar-refractivity contribution < 1.29 is 28.2 Å². The molecule has 0 spiro atoms. The van der Waals surface area contributed by atoms with Gasteiger partial charge in [0, 0.05) is 0 Å². The summed E-state index contributed by atoms with van der Waals surface area (Å²) in [5, 5.41) is -0.124. The van der Waals surface area contributed by atoms with Crippen LogP contribution in [-0.4, -0.2) is 62.1 Å². The van der Waals surface area contributed by atoms with Crippen LogP contribution in [0.2, 0.25) is 0 Å². The Balaban J connectivity index is 1.50. The molecule has 0 radical (unpaired) electrons. The van der Waals surface area contributed by atoms with Crippen LogP contribution in [-0.2, 0) is 18.5 Å². The van der Waals surface area contributed by atoms with E-state index in [1.54, 1.807) is 16.7 Å². The van der Waals surface area contributed by atoms with Crippen LogP contribution in [0.25, 0.3) is 11.2 Å². The van der Waals surface area contributed by atoms with Crippen LogP contribution in [0.15, 0.2) is 41.4 Å². The summed E-state index contributed by atoms with van der Waals surface area (Å²) in [4.78, 5) is 23.1. The zero-order chi connectivity index (χ0) is 22.5. The van der Waals surface area contributed by atoms with E-state index in [-0.39, 0.29) is 17.7 Å². The minimum atomic E-state index is -3.36. The van der Waals surface area contributed by atoms with Crippen molar-refractivity contribution in [1.29, 1.82) is 0 Å². The third-order valence-electron chi connectivity index (χ3n) is 5.05. The van der Waals surface area contributed by atoms with Crippen LogP contribution >= 0.6 is 36.0 Å². The van der Waals surface area contributed by atoms with Gasteiger partial charge in [0.15, 0.2) is 0 Å². The second-order valence-electron chi connectivity index (χ2n) is 7.29. The number of fused-ring (bicyclic) bond motifs is 2. The molecule has 168 valence electrons. The molecule has 0 saturated carbocycles. The number of ether oxygens (including phenoxy) is 3. The van der Waals surface area contributed by atoms with Crippen molar-refractivity contribution in [1.82, 2.24) is 19.5 Å². The second kappa shape index (κ2) is 8.45. The van der Waals surface area contributed by atoms with Gasteiger partial charge in [-0.1, -0.05) is 0 Å². The average Bonchev–Trinajstić information content (AvgIpc) is 3.25. The normalized spacial score (nSPS) is 27.6. The fourth-order valence-electron chi connectivity index (χ4n) is 3.69. The van der Waals surface area contributed by atoms with E-state index >= 15 is 0 Å². The number of imidazole rings is 1. The Morgan fingerprint density at radius 3 is 2.91 bits per heavy atom. The first kappa shape index (κ1) is 21.9. The molecule has 1 unspecified atom stereocenters. The van der Waals surface area contributed by atoms with Crippen LogP contribution < -0.4 is 10.5 Å². The Hall–Kier alpha value is -1.93. The number of aromatic nitrogens is 4. The van der Waals surface area contributed by atoms with Gasteiger partial charge in [-0.2, -0.15) is 0 Å². The number of para-hydroxylation sites is 1. The molecule has 15 heteroatoms. The number of anilines is 1. The van der Waals surface area contributed by atoms with Crippen molar-refractivity contribution in [2.45, 2.75) is 24.5 Å². The molecule has 2 aliphatic rings. The van der Waals surface area contributed by atoms with Gasteiger partial charge in [-0.15, -0.1) is 0 Å². The predicted molar refractivity (Wildman–Crippen MR) is 126 cm³/mol. The maximum absolute atomic E-state index is 10.4. The van der Waals surface area contributed by atoms with E-state index in [2.05, 4.69) is 30.9 Å². The minimum absolute atomic E-state index is 0.124. The van der Waals surface area contributed by atoms with E-state index in [1.807, 2.05) is 18.2 Å². The SMILES string of the molecule is B[PH]1(O)OC[C@H]2O[C@@H](n3c(Br)nc4c(N)ncnc43)C(OC(=S)Oc3ccccc3)[C@H]2O1. The summed E-state index contributed by atoms with van der Waals surface area (Å²) < 4.78 is 31.3. The maximum atomic E-state index is 10.4. The van der Waals surface area contributed by atoms with Gasteiger partial charge in [-0.25, -0.2) is 0 Å². The van der Waals surface area contributed by atoms with Crippen molar-refractivity contribution >= 4 is 65.8 Å². The Bertz CT molecular complexity index is 1170. The van der Waals surface area contributed by atoms with Crippen molar-refractivity contribution in [3.63, 3.8) is 0 Å². The summed E-state index contributed by atoms with van der Waals surface area (Å²) in [6, 6.07) is 9.00. The first-order valence-corrected chi connectivity index (χ1v) is 13.1. The molecule has 11 nitrogen and oxygen atoms in total. The van der Waals surface area contributed by atoms with Gasteiger partial charge >= 0.3 is 197 Å². The number of rotatable bonds is 3. The van der Waals surface area contributed by atoms with Crippen LogP contribution in [0.5, 0.6) is 5.75 Å². The first-order valence-electron chi connectivity index (χ1n) is 9.59. The molecule has 2 fully saturated rings. The summed E-state index contributed by atoms with van der Waals surface area (Å²) in [6.07, 6.45) is -1.45. The van der Waals surface area contributed by atoms with E-state index in [9.17, 15) is 4.89 Å². The van der Waals surface area contributed by atoms with Crippen LogP contribution in [0.3, 0.4) is 0 Å². The molecule has 4 atom stereocenters. The van der Waals surface area contributed by atoms with Gasteiger partial charge in [0.05, 0.1) is 0 Å². The number of hydrogen-bond donors (Lipinski definition) is 2. The molecule has 2 aromatic heterocycles. The molecule has 2 saturated heterocycles. The molecule has 0 amide bonds. The number of benzene rings is 1. The second-order valence-corrected chi connectivity index (χ2v) is 10.6. The zero-order valence-corrected chi connectivity index (χ0v) is 20.0.